The Morgan fingerprint density at radius 3 is 2.78 bits per heavy atom. The molecule has 4 atom stereocenters. The number of hydrogen-bond donors (Lipinski definition) is 1. The van der Waals surface area contributed by atoms with Crippen LogP contribution in [0.3, 0.4) is 0 Å². The van der Waals surface area contributed by atoms with Crippen LogP contribution in [0.25, 0.3) is 0 Å². The van der Waals surface area contributed by atoms with Crippen molar-refractivity contribution in [2.24, 2.45) is 22.7 Å². The molecule has 0 aromatic heterocycles. The summed E-state index contributed by atoms with van der Waals surface area (Å²) in [4.78, 5) is 11.3. The number of aliphatic hydroxyl groups is 1. The molecule has 128 valence electrons. The summed E-state index contributed by atoms with van der Waals surface area (Å²) < 4.78 is 4.98. The molecule has 3 rings (SSSR count). The van der Waals surface area contributed by atoms with E-state index in [0.29, 0.717) is 24.4 Å². The summed E-state index contributed by atoms with van der Waals surface area (Å²) in [6, 6.07) is 0. The maximum atomic E-state index is 11.3. The number of aliphatic hydroxyl groups excluding tert-OH is 1. The highest BCUT2D eigenvalue weighted by atomic mass is 16.5. The molecule has 2 aliphatic carbocycles. The maximum Gasteiger partial charge on any atom is 0.331 e. The Balaban J connectivity index is 1.84. The van der Waals surface area contributed by atoms with Crippen molar-refractivity contribution in [1.82, 2.24) is 0 Å². The Bertz CT molecular complexity index is 545. The van der Waals surface area contributed by atoms with Crippen LogP contribution in [0, 0.1) is 22.7 Å². The highest BCUT2D eigenvalue weighted by Crippen LogP contribution is 2.61. The van der Waals surface area contributed by atoms with E-state index in [1.165, 1.54) is 24.8 Å². The van der Waals surface area contributed by atoms with Crippen molar-refractivity contribution in [3.05, 3.63) is 23.8 Å². The normalized spacial score (nSPS) is 37.8. The van der Waals surface area contributed by atoms with Crippen molar-refractivity contribution in [1.29, 1.82) is 0 Å². The summed E-state index contributed by atoms with van der Waals surface area (Å²) in [6.07, 6.45) is 7.46. The minimum atomic E-state index is -0.468. The van der Waals surface area contributed by atoms with Gasteiger partial charge in [0.1, 0.15) is 6.61 Å². The van der Waals surface area contributed by atoms with Crippen LogP contribution in [-0.4, -0.2) is 23.8 Å². The first-order chi connectivity index (χ1) is 10.7. The highest BCUT2D eigenvalue weighted by Gasteiger charge is 2.54. The molecule has 0 aromatic carbocycles. The highest BCUT2D eigenvalue weighted by molar-refractivity contribution is 5.85. The molecular weight excluding hydrogens is 288 g/mol. The zero-order chi connectivity index (χ0) is 16.8. The Morgan fingerprint density at radius 1 is 1.39 bits per heavy atom. The lowest BCUT2D eigenvalue weighted by molar-refractivity contribution is -0.135. The Kier molecular flexibility index (Phi) is 4.20. The summed E-state index contributed by atoms with van der Waals surface area (Å²) in [6.45, 7) is 11.8. The third kappa shape index (κ3) is 2.88. The molecule has 1 heterocycles. The topological polar surface area (TPSA) is 46.5 Å². The molecule has 1 N–H and O–H groups in total. The molecule has 2 fully saturated rings. The monoisotopic (exact) mass is 318 g/mol. The minimum absolute atomic E-state index is 0.112. The summed E-state index contributed by atoms with van der Waals surface area (Å²) in [5, 5.41) is 11.0. The van der Waals surface area contributed by atoms with Crippen LogP contribution < -0.4 is 0 Å². The van der Waals surface area contributed by atoms with Crippen molar-refractivity contribution in [3.8, 4) is 0 Å². The van der Waals surface area contributed by atoms with Crippen LogP contribution in [-0.2, 0) is 9.53 Å². The number of carbonyl (C=O) groups excluding carboxylic acids is 1. The molecule has 0 amide bonds. The van der Waals surface area contributed by atoms with Gasteiger partial charge in [-0.3, -0.25) is 0 Å². The number of ether oxygens (including phenoxy) is 1. The fourth-order valence-corrected chi connectivity index (χ4v) is 5.84. The standard InChI is InChI=1S/C20H30O3/c1-13-6-7-16-19(2,3)8-5-9-20(16,4)18(13)15(21)10-14-11-17(22)23-12-14/h11,15-16,18,21H,1,5-10,12H2,2-4H3. The Morgan fingerprint density at radius 2 is 2.13 bits per heavy atom. The van der Waals surface area contributed by atoms with E-state index in [9.17, 15) is 9.90 Å². The summed E-state index contributed by atoms with van der Waals surface area (Å²) in [5.41, 5.74) is 2.55. The predicted octanol–water partition coefficient (Wildman–Crippen LogP) is 4.02. The number of cyclic esters (lactones) is 1. The second kappa shape index (κ2) is 5.77. The van der Waals surface area contributed by atoms with Crippen LogP contribution in [0.15, 0.2) is 23.8 Å². The van der Waals surface area contributed by atoms with Crippen LogP contribution in [0.4, 0.5) is 0 Å². The van der Waals surface area contributed by atoms with Gasteiger partial charge in [-0.2, -0.15) is 0 Å². The second-order valence-electron chi connectivity index (χ2n) is 8.76. The molecule has 1 aliphatic heterocycles. The number of rotatable bonds is 3. The summed E-state index contributed by atoms with van der Waals surface area (Å²) in [5.74, 6) is 0.472. The van der Waals surface area contributed by atoms with Gasteiger partial charge in [0, 0.05) is 12.0 Å². The lowest BCUT2D eigenvalue weighted by atomic mass is 9.46. The lowest BCUT2D eigenvalue weighted by Gasteiger charge is -2.58. The lowest BCUT2D eigenvalue weighted by Crippen LogP contribution is -2.52. The molecule has 0 spiro atoms. The first-order valence-corrected chi connectivity index (χ1v) is 8.96. The smallest absolute Gasteiger partial charge is 0.331 e. The van der Waals surface area contributed by atoms with Crippen molar-refractivity contribution in [3.63, 3.8) is 0 Å². The van der Waals surface area contributed by atoms with E-state index in [2.05, 4.69) is 27.4 Å². The van der Waals surface area contributed by atoms with E-state index in [1.54, 1.807) is 6.08 Å². The van der Waals surface area contributed by atoms with E-state index in [4.69, 9.17) is 4.74 Å². The van der Waals surface area contributed by atoms with Gasteiger partial charge in [-0.05, 0) is 54.4 Å². The zero-order valence-corrected chi connectivity index (χ0v) is 14.7. The molecule has 3 nitrogen and oxygen atoms in total. The fraction of sp³-hybridized carbons (Fsp3) is 0.750. The first-order valence-electron chi connectivity index (χ1n) is 8.96. The molecule has 3 aliphatic rings. The van der Waals surface area contributed by atoms with Gasteiger partial charge >= 0.3 is 5.97 Å². The number of esters is 1. The summed E-state index contributed by atoms with van der Waals surface area (Å²) in [7, 11) is 0. The number of hydrogen-bond acceptors (Lipinski definition) is 3. The molecule has 0 aromatic rings. The predicted molar refractivity (Wildman–Crippen MR) is 90.8 cm³/mol. The van der Waals surface area contributed by atoms with E-state index in [1.807, 2.05) is 0 Å². The summed E-state index contributed by atoms with van der Waals surface area (Å²) >= 11 is 0. The van der Waals surface area contributed by atoms with Gasteiger partial charge in [0.05, 0.1) is 6.10 Å². The van der Waals surface area contributed by atoms with Gasteiger partial charge in [0.15, 0.2) is 0 Å². The number of fused-ring (bicyclic) bond motifs is 1. The third-order valence-electron chi connectivity index (χ3n) is 6.76. The van der Waals surface area contributed by atoms with E-state index in [0.717, 1.165) is 18.4 Å². The average Bonchev–Trinajstić information content (AvgIpc) is 2.82. The molecular formula is C20H30O3. The largest absolute Gasteiger partial charge is 0.458 e. The van der Waals surface area contributed by atoms with Gasteiger partial charge in [0.25, 0.3) is 0 Å². The zero-order valence-electron chi connectivity index (χ0n) is 14.7. The second-order valence-corrected chi connectivity index (χ2v) is 8.76. The van der Waals surface area contributed by atoms with Crippen LogP contribution >= 0.6 is 0 Å². The van der Waals surface area contributed by atoms with Gasteiger partial charge in [0.2, 0.25) is 0 Å². The fourth-order valence-electron chi connectivity index (χ4n) is 5.84. The maximum absolute atomic E-state index is 11.3. The van der Waals surface area contributed by atoms with Crippen LogP contribution in [0.1, 0.15) is 59.3 Å². The quantitative estimate of drug-likeness (QED) is 0.631. The molecule has 4 unspecified atom stereocenters. The Hall–Kier alpha value is -1.09. The van der Waals surface area contributed by atoms with Gasteiger partial charge in [-0.15, -0.1) is 0 Å². The van der Waals surface area contributed by atoms with Crippen LogP contribution in [0.2, 0.25) is 0 Å². The average molecular weight is 318 g/mol. The molecule has 0 radical (unpaired) electrons. The third-order valence-corrected chi connectivity index (χ3v) is 6.76. The van der Waals surface area contributed by atoms with E-state index < -0.39 is 6.10 Å². The Labute approximate surface area is 139 Å². The first kappa shape index (κ1) is 16.8. The van der Waals surface area contributed by atoms with Gasteiger partial charge in [-0.1, -0.05) is 39.3 Å². The van der Waals surface area contributed by atoms with Crippen molar-refractivity contribution in [2.75, 3.05) is 6.61 Å². The van der Waals surface area contributed by atoms with E-state index >= 15 is 0 Å². The van der Waals surface area contributed by atoms with Crippen LogP contribution in [0.5, 0.6) is 0 Å². The molecule has 0 saturated heterocycles. The van der Waals surface area contributed by atoms with Crippen molar-refractivity contribution in [2.45, 2.75) is 65.4 Å². The molecule has 0 bridgehead atoms. The molecule has 2 saturated carbocycles. The molecule has 3 heteroatoms. The van der Waals surface area contributed by atoms with Gasteiger partial charge in [-0.25, -0.2) is 4.79 Å². The van der Waals surface area contributed by atoms with Crippen molar-refractivity contribution < 1.29 is 14.6 Å². The number of carbonyl (C=O) groups is 1. The minimum Gasteiger partial charge on any atom is -0.458 e. The molecule has 23 heavy (non-hydrogen) atoms. The van der Waals surface area contributed by atoms with Gasteiger partial charge < -0.3 is 9.84 Å². The van der Waals surface area contributed by atoms with E-state index in [-0.39, 0.29) is 17.3 Å². The SMILES string of the molecule is C=C1CCC2C(C)(C)CCCC2(C)C1C(O)CC1=CC(=O)OC1. The van der Waals surface area contributed by atoms with Crippen molar-refractivity contribution >= 4 is 5.97 Å².